The van der Waals surface area contributed by atoms with E-state index >= 15 is 0 Å². The highest BCUT2D eigenvalue weighted by atomic mass is 14.7. The average molecular weight is 737 g/mol. The molecule has 58 heavy (non-hydrogen) atoms. The minimum absolute atomic E-state index is 0.944. The summed E-state index contributed by atoms with van der Waals surface area (Å²) in [6.07, 6.45) is 1.83. The summed E-state index contributed by atoms with van der Waals surface area (Å²) in [5.74, 6) is 0. The van der Waals surface area contributed by atoms with Gasteiger partial charge >= 0.3 is 0 Å². The van der Waals surface area contributed by atoms with Gasteiger partial charge in [0.2, 0.25) is 0 Å². The Kier molecular flexibility index (Phi) is 8.19. The Morgan fingerprint density at radius 3 is 1.24 bits per heavy atom. The Balaban J connectivity index is 1.03. The first-order valence-electron chi connectivity index (χ1n) is 19.8. The zero-order chi connectivity index (χ0) is 38.4. The molecule has 0 aliphatic carbocycles. The van der Waals surface area contributed by atoms with E-state index in [4.69, 9.17) is 4.98 Å². The van der Waals surface area contributed by atoms with Crippen LogP contribution in [0.15, 0.2) is 219 Å². The monoisotopic (exact) mass is 736 g/mol. The van der Waals surface area contributed by atoms with Crippen LogP contribution in [0.3, 0.4) is 0 Å². The summed E-state index contributed by atoms with van der Waals surface area (Å²) in [7, 11) is 0. The molecular weight excluding hydrogens is 701 g/mol. The number of hydrogen-bond donors (Lipinski definition) is 0. The normalized spacial score (nSPS) is 11.4. The highest BCUT2D eigenvalue weighted by Crippen LogP contribution is 2.46. The largest absolute Gasteiger partial charge is 0.256 e. The van der Waals surface area contributed by atoms with Crippen LogP contribution in [0.1, 0.15) is 0 Å². The smallest absolute Gasteiger partial charge is 0.0709 e. The van der Waals surface area contributed by atoms with E-state index in [1.807, 2.05) is 24.4 Å². The van der Waals surface area contributed by atoms with E-state index in [1.54, 1.807) is 0 Å². The second-order valence-corrected chi connectivity index (χ2v) is 15.0. The molecule has 0 atom stereocenters. The number of nitrogens with zero attached hydrogens (tertiary/aromatic N) is 2. The van der Waals surface area contributed by atoms with Gasteiger partial charge in [-0.25, -0.2) is 4.98 Å². The lowest BCUT2D eigenvalue weighted by molar-refractivity contribution is 1.31. The summed E-state index contributed by atoms with van der Waals surface area (Å²) in [4.78, 5) is 9.60. The molecule has 0 unspecified atom stereocenters. The molecular formula is C56H36N2. The number of aromatic nitrogens is 2. The van der Waals surface area contributed by atoms with Gasteiger partial charge in [0.25, 0.3) is 0 Å². The quantitative estimate of drug-likeness (QED) is 0.159. The minimum Gasteiger partial charge on any atom is -0.256 e. The van der Waals surface area contributed by atoms with Crippen LogP contribution in [0.5, 0.6) is 0 Å². The standard InChI is InChI=1S/C56H36N2/c1-3-12-43-34-46(29-21-37(43)10-1)55-48-14-5-6-15-49(48)56(47-30-22-38-11-2-4-13-44(38)35-47)51-36-45(31-32-50(51)55)39-19-23-41(24-20-39)53-17-9-18-54(58-53)42-27-25-40(26-28-42)52-16-7-8-33-57-52/h1-36H. The van der Waals surface area contributed by atoms with Crippen LogP contribution in [0.4, 0.5) is 0 Å². The molecule has 0 saturated carbocycles. The van der Waals surface area contributed by atoms with Gasteiger partial charge in [-0.2, -0.15) is 0 Å². The van der Waals surface area contributed by atoms with Gasteiger partial charge in [-0.3, -0.25) is 4.98 Å². The van der Waals surface area contributed by atoms with E-state index in [1.165, 1.54) is 70.9 Å². The van der Waals surface area contributed by atoms with E-state index in [0.717, 1.165) is 39.3 Å². The van der Waals surface area contributed by atoms with Gasteiger partial charge in [-0.15, -0.1) is 0 Å². The molecule has 0 fully saturated rings. The van der Waals surface area contributed by atoms with Crippen molar-refractivity contribution in [2.45, 2.75) is 0 Å². The zero-order valence-electron chi connectivity index (χ0n) is 31.7. The Labute approximate surface area is 337 Å². The number of fused-ring (bicyclic) bond motifs is 4. The van der Waals surface area contributed by atoms with Gasteiger partial charge in [0.05, 0.1) is 17.1 Å². The molecule has 0 spiro atoms. The highest BCUT2D eigenvalue weighted by Gasteiger charge is 2.18. The summed E-state index contributed by atoms with van der Waals surface area (Å²) in [5, 5.41) is 9.95. The van der Waals surface area contributed by atoms with Crippen molar-refractivity contribution in [2.75, 3.05) is 0 Å². The first-order valence-corrected chi connectivity index (χ1v) is 19.8. The summed E-state index contributed by atoms with van der Waals surface area (Å²) in [6, 6.07) is 76.6. The van der Waals surface area contributed by atoms with Crippen molar-refractivity contribution in [3.05, 3.63) is 219 Å². The third kappa shape index (κ3) is 6.00. The highest BCUT2D eigenvalue weighted by molar-refractivity contribution is 6.22. The minimum atomic E-state index is 0.944. The van der Waals surface area contributed by atoms with Crippen LogP contribution < -0.4 is 0 Å². The predicted octanol–water partition coefficient (Wildman–Crippen LogP) is 15.1. The summed E-state index contributed by atoms with van der Waals surface area (Å²) >= 11 is 0. The molecule has 2 aromatic heterocycles. The zero-order valence-corrected chi connectivity index (χ0v) is 31.7. The maximum atomic E-state index is 5.10. The van der Waals surface area contributed by atoms with Crippen LogP contribution in [-0.2, 0) is 0 Å². The van der Waals surface area contributed by atoms with Crippen molar-refractivity contribution in [2.24, 2.45) is 0 Å². The molecule has 2 nitrogen and oxygen atoms in total. The average Bonchev–Trinajstić information content (AvgIpc) is 3.30. The van der Waals surface area contributed by atoms with Crippen molar-refractivity contribution in [3.8, 4) is 67.2 Å². The van der Waals surface area contributed by atoms with Gasteiger partial charge in [0.1, 0.15) is 0 Å². The molecule has 0 aliphatic heterocycles. The molecule has 0 bridgehead atoms. The lowest BCUT2D eigenvalue weighted by Crippen LogP contribution is -1.92. The molecule has 2 heterocycles. The van der Waals surface area contributed by atoms with Gasteiger partial charge < -0.3 is 0 Å². The molecule has 270 valence electrons. The molecule has 11 aromatic rings. The Morgan fingerprint density at radius 2 is 0.672 bits per heavy atom. The molecule has 9 aromatic carbocycles. The third-order valence-corrected chi connectivity index (χ3v) is 11.5. The fourth-order valence-corrected chi connectivity index (χ4v) is 8.60. The second-order valence-electron chi connectivity index (χ2n) is 15.0. The first-order chi connectivity index (χ1) is 28.7. The van der Waals surface area contributed by atoms with E-state index < -0.39 is 0 Å². The second kappa shape index (κ2) is 14.1. The maximum Gasteiger partial charge on any atom is 0.0709 e. The topological polar surface area (TPSA) is 25.8 Å². The fraction of sp³-hybridized carbons (Fsp3) is 0. The van der Waals surface area contributed by atoms with Crippen molar-refractivity contribution in [1.82, 2.24) is 9.97 Å². The molecule has 11 rings (SSSR count). The van der Waals surface area contributed by atoms with Crippen molar-refractivity contribution in [1.29, 1.82) is 0 Å². The van der Waals surface area contributed by atoms with Crippen LogP contribution >= 0.6 is 0 Å². The van der Waals surface area contributed by atoms with Crippen molar-refractivity contribution >= 4 is 43.1 Å². The van der Waals surface area contributed by atoms with E-state index in [-0.39, 0.29) is 0 Å². The number of pyridine rings is 2. The third-order valence-electron chi connectivity index (χ3n) is 11.5. The SMILES string of the molecule is c1ccc(-c2ccc(-c3cccc(-c4ccc(-c5ccc6c(-c7ccc8ccccc8c7)c7ccccc7c(-c7ccc8ccccc8c7)c6c5)cc4)n3)cc2)nc1. The number of rotatable bonds is 6. The molecule has 0 saturated heterocycles. The fourth-order valence-electron chi connectivity index (χ4n) is 8.60. The van der Waals surface area contributed by atoms with Gasteiger partial charge in [-0.1, -0.05) is 170 Å². The van der Waals surface area contributed by atoms with Gasteiger partial charge in [-0.05, 0) is 119 Å². The van der Waals surface area contributed by atoms with Gasteiger partial charge in [0.15, 0.2) is 0 Å². The molecule has 0 amide bonds. The number of benzene rings is 9. The van der Waals surface area contributed by atoms with E-state index in [0.29, 0.717) is 0 Å². The van der Waals surface area contributed by atoms with Crippen molar-refractivity contribution in [3.63, 3.8) is 0 Å². The Hall–Kier alpha value is -7.68. The lowest BCUT2D eigenvalue weighted by Gasteiger charge is -2.19. The summed E-state index contributed by atoms with van der Waals surface area (Å²) < 4.78 is 0. The van der Waals surface area contributed by atoms with Gasteiger partial charge in [0, 0.05) is 22.9 Å². The predicted molar refractivity (Wildman–Crippen MR) is 245 cm³/mol. The molecule has 2 heteroatoms. The lowest BCUT2D eigenvalue weighted by atomic mass is 9.84. The van der Waals surface area contributed by atoms with Crippen molar-refractivity contribution < 1.29 is 0 Å². The Morgan fingerprint density at radius 1 is 0.241 bits per heavy atom. The Bertz CT molecular complexity index is 3310. The van der Waals surface area contributed by atoms with E-state index in [9.17, 15) is 0 Å². The molecule has 0 radical (unpaired) electrons. The molecule has 0 aliphatic rings. The van der Waals surface area contributed by atoms with Crippen LogP contribution in [0.25, 0.3) is 110 Å². The summed E-state index contributed by atoms with van der Waals surface area (Å²) in [6.45, 7) is 0. The first kappa shape index (κ1) is 33.6. The number of hydrogen-bond acceptors (Lipinski definition) is 2. The maximum absolute atomic E-state index is 5.10. The van der Waals surface area contributed by atoms with Crippen LogP contribution in [0.2, 0.25) is 0 Å². The van der Waals surface area contributed by atoms with Crippen LogP contribution in [-0.4, -0.2) is 9.97 Å². The van der Waals surface area contributed by atoms with E-state index in [2.05, 4.69) is 199 Å². The summed E-state index contributed by atoms with van der Waals surface area (Å²) in [5.41, 5.74) is 13.4. The molecule has 0 N–H and O–H groups in total. The van der Waals surface area contributed by atoms with Crippen LogP contribution in [0, 0.1) is 0 Å².